The van der Waals surface area contributed by atoms with E-state index in [4.69, 9.17) is 11.6 Å². The molecule has 6 nitrogen and oxygen atoms in total. The SMILES string of the molecule is COC(=O)c1nc(Cl)cc(-c2cnn(C)c2)n1. The summed E-state index contributed by atoms with van der Waals surface area (Å²) < 4.78 is 6.17. The topological polar surface area (TPSA) is 69.9 Å². The van der Waals surface area contributed by atoms with Gasteiger partial charge in [-0.05, 0) is 0 Å². The quantitative estimate of drug-likeness (QED) is 0.595. The minimum absolute atomic E-state index is 0.0705. The molecule has 0 aromatic carbocycles. The molecule has 7 heteroatoms. The molecule has 0 saturated carbocycles. The molecule has 88 valence electrons. The third-order valence-corrected chi connectivity index (χ3v) is 2.26. The van der Waals surface area contributed by atoms with E-state index in [0.717, 1.165) is 5.56 Å². The monoisotopic (exact) mass is 252 g/mol. The molecule has 0 aliphatic rings. The van der Waals surface area contributed by atoms with Crippen LogP contribution in [0.1, 0.15) is 10.6 Å². The number of rotatable bonds is 2. The first kappa shape index (κ1) is 11.5. The predicted octanol–water partition coefficient (Wildman–Crippen LogP) is 1.32. The van der Waals surface area contributed by atoms with Crippen LogP contribution in [0.3, 0.4) is 0 Å². The van der Waals surface area contributed by atoms with Crippen molar-refractivity contribution in [2.75, 3.05) is 7.11 Å². The molecule has 17 heavy (non-hydrogen) atoms. The zero-order valence-corrected chi connectivity index (χ0v) is 9.97. The molecule has 2 aromatic rings. The Bertz CT molecular complexity index is 567. The van der Waals surface area contributed by atoms with Gasteiger partial charge in [0.1, 0.15) is 5.15 Å². The number of halogens is 1. The van der Waals surface area contributed by atoms with Crippen LogP contribution in [0.2, 0.25) is 5.15 Å². The Morgan fingerprint density at radius 1 is 1.47 bits per heavy atom. The number of aromatic nitrogens is 4. The number of ether oxygens (including phenoxy) is 1. The van der Waals surface area contributed by atoms with Gasteiger partial charge < -0.3 is 4.74 Å². The molecule has 2 rings (SSSR count). The first-order valence-electron chi connectivity index (χ1n) is 4.72. The molecule has 0 fully saturated rings. The van der Waals surface area contributed by atoms with Crippen molar-refractivity contribution in [2.24, 2.45) is 7.05 Å². The highest BCUT2D eigenvalue weighted by molar-refractivity contribution is 6.29. The molecule has 0 amide bonds. The molecule has 0 spiro atoms. The third kappa shape index (κ3) is 2.42. The van der Waals surface area contributed by atoms with Crippen molar-refractivity contribution in [1.29, 1.82) is 0 Å². The van der Waals surface area contributed by atoms with E-state index in [-0.39, 0.29) is 11.0 Å². The maximum absolute atomic E-state index is 11.3. The molecule has 0 radical (unpaired) electrons. The fourth-order valence-corrected chi connectivity index (χ4v) is 1.48. The van der Waals surface area contributed by atoms with E-state index in [1.165, 1.54) is 7.11 Å². The highest BCUT2D eigenvalue weighted by Gasteiger charge is 2.13. The Morgan fingerprint density at radius 3 is 2.82 bits per heavy atom. The fraction of sp³-hybridized carbons (Fsp3) is 0.200. The molecule has 0 bridgehead atoms. The van der Waals surface area contributed by atoms with E-state index in [9.17, 15) is 4.79 Å². The summed E-state index contributed by atoms with van der Waals surface area (Å²) in [6.07, 6.45) is 3.39. The third-order valence-electron chi connectivity index (χ3n) is 2.06. The first-order chi connectivity index (χ1) is 8.10. The Balaban J connectivity index is 2.48. The Labute approximate surface area is 102 Å². The molecule has 0 aliphatic carbocycles. The van der Waals surface area contributed by atoms with Crippen LogP contribution in [-0.2, 0) is 11.8 Å². The van der Waals surface area contributed by atoms with Crippen LogP contribution in [0.4, 0.5) is 0 Å². The Hall–Kier alpha value is -1.95. The van der Waals surface area contributed by atoms with E-state index in [2.05, 4.69) is 19.8 Å². The molecule has 2 aromatic heterocycles. The van der Waals surface area contributed by atoms with Gasteiger partial charge in [-0.3, -0.25) is 4.68 Å². The Kier molecular flexibility index (Phi) is 3.06. The summed E-state index contributed by atoms with van der Waals surface area (Å²) in [5.74, 6) is -0.698. The zero-order chi connectivity index (χ0) is 12.4. The summed E-state index contributed by atoms with van der Waals surface area (Å²) in [5, 5.41) is 4.19. The summed E-state index contributed by atoms with van der Waals surface area (Å²) in [6.45, 7) is 0. The molecule has 2 heterocycles. The van der Waals surface area contributed by atoms with Gasteiger partial charge >= 0.3 is 5.97 Å². The van der Waals surface area contributed by atoms with Crippen molar-refractivity contribution in [2.45, 2.75) is 0 Å². The van der Waals surface area contributed by atoms with Gasteiger partial charge in [0.15, 0.2) is 0 Å². The van der Waals surface area contributed by atoms with E-state index in [1.54, 1.807) is 30.2 Å². The number of hydrogen-bond acceptors (Lipinski definition) is 5. The summed E-state index contributed by atoms with van der Waals surface area (Å²) in [4.78, 5) is 19.2. The molecular weight excluding hydrogens is 244 g/mol. The fourth-order valence-electron chi connectivity index (χ4n) is 1.30. The van der Waals surface area contributed by atoms with Crippen molar-refractivity contribution in [3.8, 4) is 11.3 Å². The lowest BCUT2D eigenvalue weighted by Crippen LogP contribution is -2.08. The van der Waals surface area contributed by atoms with Gasteiger partial charge in [-0.2, -0.15) is 5.10 Å². The number of nitrogens with zero attached hydrogens (tertiary/aromatic N) is 4. The maximum atomic E-state index is 11.3. The van der Waals surface area contributed by atoms with Crippen LogP contribution in [0.5, 0.6) is 0 Å². The standard InChI is InChI=1S/C10H9ClN4O2/c1-15-5-6(4-12-15)7-3-8(11)14-9(13-7)10(16)17-2/h3-5H,1-2H3. The summed E-state index contributed by atoms with van der Waals surface area (Å²) in [5.41, 5.74) is 1.28. The number of aryl methyl sites for hydroxylation is 1. The molecule has 0 aliphatic heterocycles. The molecule has 0 atom stereocenters. The molecular formula is C10H9ClN4O2. The van der Waals surface area contributed by atoms with Crippen LogP contribution < -0.4 is 0 Å². The van der Waals surface area contributed by atoms with Crippen LogP contribution >= 0.6 is 11.6 Å². The van der Waals surface area contributed by atoms with Crippen LogP contribution in [0, 0.1) is 0 Å². The lowest BCUT2D eigenvalue weighted by Gasteiger charge is -2.01. The number of esters is 1. The first-order valence-corrected chi connectivity index (χ1v) is 5.10. The van der Waals surface area contributed by atoms with Gasteiger partial charge in [0.2, 0.25) is 5.82 Å². The lowest BCUT2D eigenvalue weighted by molar-refractivity contribution is 0.0587. The van der Waals surface area contributed by atoms with Gasteiger partial charge in [0.25, 0.3) is 0 Å². The van der Waals surface area contributed by atoms with Gasteiger partial charge in [-0.15, -0.1) is 0 Å². The maximum Gasteiger partial charge on any atom is 0.376 e. The number of carbonyl (C=O) groups excluding carboxylic acids is 1. The van der Waals surface area contributed by atoms with Crippen molar-refractivity contribution in [1.82, 2.24) is 19.7 Å². The lowest BCUT2D eigenvalue weighted by atomic mass is 10.2. The van der Waals surface area contributed by atoms with E-state index in [0.29, 0.717) is 5.69 Å². The second kappa shape index (κ2) is 4.50. The summed E-state index contributed by atoms with van der Waals surface area (Å²) >= 11 is 5.82. The minimum Gasteiger partial charge on any atom is -0.463 e. The van der Waals surface area contributed by atoms with E-state index < -0.39 is 5.97 Å². The predicted molar refractivity (Wildman–Crippen MR) is 60.6 cm³/mol. The van der Waals surface area contributed by atoms with Crippen molar-refractivity contribution in [3.63, 3.8) is 0 Å². The Morgan fingerprint density at radius 2 is 2.24 bits per heavy atom. The van der Waals surface area contributed by atoms with Crippen molar-refractivity contribution in [3.05, 3.63) is 29.4 Å². The highest BCUT2D eigenvalue weighted by atomic mass is 35.5. The van der Waals surface area contributed by atoms with Crippen LogP contribution in [-0.4, -0.2) is 32.8 Å². The zero-order valence-electron chi connectivity index (χ0n) is 9.22. The average Bonchev–Trinajstić information content (AvgIpc) is 2.74. The number of methoxy groups -OCH3 is 1. The largest absolute Gasteiger partial charge is 0.463 e. The second-order valence-electron chi connectivity index (χ2n) is 3.29. The second-order valence-corrected chi connectivity index (χ2v) is 3.68. The minimum atomic E-state index is -0.627. The summed E-state index contributed by atoms with van der Waals surface area (Å²) in [6, 6.07) is 1.56. The molecule has 0 saturated heterocycles. The van der Waals surface area contributed by atoms with Gasteiger partial charge in [-0.25, -0.2) is 14.8 Å². The van der Waals surface area contributed by atoms with Gasteiger partial charge in [-0.1, -0.05) is 11.6 Å². The average molecular weight is 253 g/mol. The van der Waals surface area contributed by atoms with Crippen molar-refractivity contribution >= 4 is 17.6 Å². The van der Waals surface area contributed by atoms with E-state index >= 15 is 0 Å². The van der Waals surface area contributed by atoms with Gasteiger partial charge in [0.05, 0.1) is 19.0 Å². The van der Waals surface area contributed by atoms with Crippen molar-refractivity contribution < 1.29 is 9.53 Å². The van der Waals surface area contributed by atoms with Crippen LogP contribution in [0.15, 0.2) is 18.5 Å². The highest BCUT2D eigenvalue weighted by Crippen LogP contribution is 2.19. The molecule has 0 N–H and O–H groups in total. The van der Waals surface area contributed by atoms with Gasteiger partial charge in [0, 0.05) is 24.9 Å². The van der Waals surface area contributed by atoms with E-state index in [1.807, 2.05) is 0 Å². The smallest absolute Gasteiger partial charge is 0.376 e. The summed E-state index contributed by atoms with van der Waals surface area (Å²) in [7, 11) is 3.05. The molecule has 0 unspecified atom stereocenters. The normalized spacial score (nSPS) is 10.3. The number of hydrogen-bond donors (Lipinski definition) is 0. The van der Waals surface area contributed by atoms with Crippen LogP contribution in [0.25, 0.3) is 11.3 Å². The number of carbonyl (C=O) groups is 1.